The normalized spacial score (nSPS) is 24.8. The van der Waals surface area contributed by atoms with Crippen LogP contribution in [0.3, 0.4) is 0 Å². The van der Waals surface area contributed by atoms with Gasteiger partial charge in [-0.25, -0.2) is 17.6 Å². The predicted octanol–water partition coefficient (Wildman–Crippen LogP) is 4.91. The fraction of sp³-hybridized carbons (Fsp3) is 0.364. The lowest BCUT2D eigenvalue weighted by Crippen LogP contribution is -2.58. The summed E-state index contributed by atoms with van der Waals surface area (Å²) < 4.78 is 64.7. The molecule has 34 heavy (non-hydrogen) atoms. The number of rotatable bonds is 4. The molecule has 0 bridgehead atoms. The van der Waals surface area contributed by atoms with Gasteiger partial charge in [0.05, 0.1) is 19.8 Å². The van der Waals surface area contributed by atoms with E-state index in [1.165, 1.54) is 0 Å². The molecule has 2 aromatic carbocycles. The zero-order valence-corrected chi connectivity index (χ0v) is 21.5. The van der Waals surface area contributed by atoms with Gasteiger partial charge in [0, 0.05) is 8.95 Å². The summed E-state index contributed by atoms with van der Waals surface area (Å²) in [5.74, 6) is -0.531. The van der Waals surface area contributed by atoms with Gasteiger partial charge in [0.25, 0.3) is 12.9 Å². The van der Waals surface area contributed by atoms with E-state index in [1.807, 2.05) is 0 Å². The topological polar surface area (TPSA) is 59.6 Å². The number of hydrogen-bond acceptors (Lipinski definition) is 4. The van der Waals surface area contributed by atoms with E-state index in [9.17, 15) is 22.4 Å². The third kappa shape index (κ3) is 5.96. The number of nitrogens with one attached hydrogen (secondary N) is 2. The van der Waals surface area contributed by atoms with Gasteiger partial charge in [-0.05, 0) is 35.4 Å². The first-order chi connectivity index (χ1) is 16.1. The molecule has 2 aliphatic rings. The molecule has 4 rings (SSSR count). The van der Waals surface area contributed by atoms with Crippen LogP contribution < -0.4 is 10.6 Å². The molecular weight excluding hydrogens is 608 g/mol. The lowest BCUT2D eigenvalue weighted by Gasteiger charge is -2.38. The summed E-state index contributed by atoms with van der Waals surface area (Å²) in [5.41, 5.74) is -2.50. The number of benzene rings is 2. The van der Waals surface area contributed by atoms with Crippen LogP contribution in [0.1, 0.15) is 11.1 Å². The van der Waals surface area contributed by atoms with E-state index in [-0.39, 0.29) is 26.4 Å². The molecule has 184 valence electrons. The number of ether oxygens (including phenoxy) is 2. The Balaban J connectivity index is 0.000000191. The summed E-state index contributed by atoms with van der Waals surface area (Å²) in [6, 6.07) is 13.3. The number of carbonyl (C=O) groups excluding carboxylic acids is 1. The minimum atomic E-state index is -2.74. The third-order valence-electron chi connectivity index (χ3n) is 5.28. The van der Waals surface area contributed by atoms with Crippen LogP contribution >= 0.6 is 44.1 Å². The largest absolute Gasteiger partial charge is 0.371 e. The molecule has 2 atom stereocenters. The molecule has 2 unspecified atom stereocenters. The van der Waals surface area contributed by atoms with Gasteiger partial charge in [-0.3, -0.25) is 4.79 Å². The van der Waals surface area contributed by atoms with Gasteiger partial charge >= 0.3 is 0 Å². The van der Waals surface area contributed by atoms with Crippen molar-refractivity contribution in [3.63, 3.8) is 0 Å². The lowest BCUT2D eigenvalue weighted by atomic mass is 9.90. The molecule has 0 saturated carbocycles. The van der Waals surface area contributed by atoms with Crippen molar-refractivity contribution < 1.29 is 31.8 Å². The van der Waals surface area contributed by atoms with Gasteiger partial charge in [0.2, 0.25) is 5.91 Å². The Morgan fingerprint density at radius 2 is 1.29 bits per heavy atom. The van der Waals surface area contributed by atoms with Crippen molar-refractivity contribution in [1.29, 1.82) is 0 Å². The SMILES string of the molecule is FC(F)C1(c2cccc(Br)c2)COCC(=S)N1.O=C1COCC(c2cccc(Br)c2)(C(F)F)N1. The van der Waals surface area contributed by atoms with Gasteiger partial charge in [0.15, 0.2) is 0 Å². The number of amides is 1. The van der Waals surface area contributed by atoms with Gasteiger partial charge in [-0.1, -0.05) is 68.3 Å². The maximum atomic E-state index is 13.3. The Hall–Kier alpha value is -1.60. The summed E-state index contributed by atoms with van der Waals surface area (Å²) >= 11 is 11.4. The van der Waals surface area contributed by atoms with Crippen molar-refractivity contribution in [2.75, 3.05) is 26.4 Å². The summed E-state index contributed by atoms with van der Waals surface area (Å²) in [6.07, 6.45) is -5.34. The van der Waals surface area contributed by atoms with Crippen molar-refractivity contribution in [2.24, 2.45) is 0 Å². The Kier molecular flexibility index (Phi) is 9.07. The van der Waals surface area contributed by atoms with Gasteiger partial charge in [-0.2, -0.15) is 0 Å². The second kappa shape index (κ2) is 11.4. The van der Waals surface area contributed by atoms with E-state index in [4.69, 9.17) is 21.7 Å². The zero-order chi connectivity index (χ0) is 24.9. The lowest BCUT2D eigenvalue weighted by molar-refractivity contribution is -0.144. The Bertz CT molecular complexity index is 967. The van der Waals surface area contributed by atoms with E-state index in [2.05, 4.69) is 42.5 Å². The molecule has 12 heteroatoms. The molecule has 1 amide bonds. The number of alkyl halides is 4. The van der Waals surface area contributed by atoms with Crippen LogP contribution in [0, 0.1) is 0 Å². The van der Waals surface area contributed by atoms with Crippen LogP contribution in [-0.2, 0) is 25.3 Å². The maximum Gasteiger partial charge on any atom is 0.267 e. The highest BCUT2D eigenvalue weighted by atomic mass is 79.9. The molecule has 2 saturated heterocycles. The Morgan fingerprint density at radius 1 is 0.824 bits per heavy atom. The number of hydrogen-bond donors (Lipinski definition) is 2. The maximum absolute atomic E-state index is 13.3. The van der Waals surface area contributed by atoms with Crippen molar-refractivity contribution in [2.45, 2.75) is 23.9 Å². The summed E-state index contributed by atoms with van der Waals surface area (Å²) in [4.78, 5) is 11.6. The minimum absolute atomic E-state index is 0.0960. The highest BCUT2D eigenvalue weighted by Gasteiger charge is 2.46. The standard InChI is InChI=1S/C11H10BrF2NO2.C11H10BrF2NOS/c12-8-3-1-2-7(4-8)11(10(13)14)6-17-5-9(16)15-11;12-8-3-1-2-7(4-8)11(10(13)14)6-16-5-9(17)15-11/h1-4,10H,5-6H2,(H,15,16);1-4,10H,5-6H2,(H,15,17). The van der Waals surface area contributed by atoms with Gasteiger partial charge in [-0.15, -0.1) is 0 Å². The molecule has 0 spiro atoms. The average Bonchev–Trinajstić information content (AvgIpc) is 2.79. The number of morpholine rings is 2. The third-order valence-corrected chi connectivity index (χ3v) is 6.48. The molecule has 0 aromatic heterocycles. The molecule has 5 nitrogen and oxygen atoms in total. The molecule has 2 fully saturated rings. The fourth-order valence-electron chi connectivity index (χ4n) is 3.58. The van der Waals surface area contributed by atoms with Crippen LogP contribution in [0.15, 0.2) is 57.5 Å². The van der Waals surface area contributed by atoms with Crippen molar-refractivity contribution in [3.8, 4) is 0 Å². The number of thiocarbonyl (C=S) groups is 1. The summed E-state index contributed by atoms with van der Waals surface area (Å²) in [7, 11) is 0. The molecular formula is C22H20Br2F4N2O3S. The van der Waals surface area contributed by atoms with E-state index in [0.29, 0.717) is 20.6 Å². The van der Waals surface area contributed by atoms with Gasteiger partial charge in [0.1, 0.15) is 22.7 Å². The van der Waals surface area contributed by atoms with E-state index in [1.54, 1.807) is 48.5 Å². The van der Waals surface area contributed by atoms with Crippen LogP contribution in [0.5, 0.6) is 0 Å². The van der Waals surface area contributed by atoms with E-state index >= 15 is 0 Å². The summed E-state index contributed by atoms with van der Waals surface area (Å²) in [6.45, 7) is -0.311. The van der Waals surface area contributed by atoms with Crippen LogP contribution in [-0.4, -0.2) is 50.2 Å². The quantitative estimate of drug-likeness (QED) is 0.373. The predicted molar refractivity (Wildman–Crippen MR) is 129 cm³/mol. The molecule has 2 N–H and O–H groups in total. The number of carbonyl (C=O) groups is 1. The van der Waals surface area contributed by atoms with Crippen molar-refractivity contribution >= 4 is 55.0 Å². The zero-order valence-electron chi connectivity index (χ0n) is 17.5. The van der Waals surface area contributed by atoms with Crippen molar-refractivity contribution in [1.82, 2.24) is 10.6 Å². The molecule has 2 aromatic rings. The average molecular weight is 628 g/mol. The van der Waals surface area contributed by atoms with Crippen LogP contribution in [0.25, 0.3) is 0 Å². The smallest absolute Gasteiger partial charge is 0.267 e. The van der Waals surface area contributed by atoms with Crippen LogP contribution in [0.2, 0.25) is 0 Å². The minimum Gasteiger partial charge on any atom is -0.371 e. The molecule has 0 aliphatic carbocycles. The summed E-state index contributed by atoms with van der Waals surface area (Å²) in [5, 5.41) is 5.05. The highest BCUT2D eigenvalue weighted by molar-refractivity contribution is 9.10. The Labute approximate surface area is 215 Å². The highest BCUT2D eigenvalue weighted by Crippen LogP contribution is 2.33. The monoisotopic (exact) mass is 626 g/mol. The van der Waals surface area contributed by atoms with E-state index < -0.39 is 29.8 Å². The first kappa shape index (κ1) is 27.0. The number of halogens is 6. The van der Waals surface area contributed by atoms with Crippen molar-refractivity contribution in [3.05, 3.63) is 68.6 Å². The van der Waals surface area contributed by atoms with E-state index in [0.717, 1.165) is 4.47 Å². The van der Waals surface area contributed by atoms with Crippen LogP contribution in [0.4, 0.5) is 17.6 Å². The second-order valence-corrected chi connectivity index (χ2v) is 9.97. The molecule has 0 radical (unpaired) electrons. The fourth-order valence-corrected chi connectivity index (χ4v) is 4.65. The Morgan fingerprint density at radius 3 is 1.71 bits per heavy atom. The first-order valence-corrected chi connectivity index (χ1v) is 11.9. The molecule has 2 aliphatic heterocycles. The second-order valence-electron chi connectivity index (χ2n) is 7.65. The molecule has 2 heterocycles. The van der Waals surface area contributed by atoms with Gasteiger partial charge < -0.3 is 20.1 Å². The first-order valence-electron chi connectivity index (χ1n) is 9.95.